The average Bonchev–Trinajstić information content (AvgIpc) is 2.99. The van der Waals surface area contributed by atoms with Crippen LogP contribution in [0.3, 0.4) is 0 Å². The summed E-state index contributed by atoms with van der Waals surface area (Å²) in [5.74, 6) is 0.489. The van der Waals surface area contributed by atoms with Crippen molar-refractivity contribution in [1.82, 2.24) is 4.98 Å². The second-order valence-electron chi connectivity index (χ2n) is 4.66. The molecule has 0 aliphatic rings. The first-order valence-electron chi connectivity index (χ1n) is 6.74. The lowest BCUT2D eigenvalue weighted by atomic mass is 10.0. The van der Waals surface area contributed by atoms with Crippen LogP contribution in [-0.4, -0.2) is 17.4 Å². The van der Waals surface area contributed by atoms with Gasteiger partial charge in [-0.05, 0) is 18.6 Å². The molecular formula is C15H19N3O2. The molecule has 0 bridgehead atoms. The molecule has 0 saturated carbocycles. The van der Waals surface area contributed by atoms with Crippen LogP contribution in [0.25, 0.3) is 11.3 Å². The van der Waals surface area contributed by atoms with E-state index < -0.39 is 0 Å². The fourth-order valence-electron chi connectivity index (χ4n) is 2.06. The monoisotopic (exact) mass is 273 g/mol. The van der Waals surface area contributed by atoms with Crippen LogP contribution < -0.4 is 11.1 Å². The minimum atomic E-state index is -0.145. The van der Waals surface area contributed by atoms with Crippen molar-refractivity contribution in [3.8, 4) is 11.3 Å². The molecule has 0 spiro atoms. The van der Waals surface area contributed by atoms with Crippen molar-refractivity contribution >= 4 is 11.6 Å². The van der Waals surface area contributed by atoms with Crippen molar-refractivity contribution < 1.29 is 9.21 Å². The molecular weight excluding hydrogens is 254 g/mol. The number of aromatic nitrogens is 1. The Morgan fingerprint density at radius 1 is 1.50 bits per heavy atom. The van der Waals surface area contributed by atoms with E-state index in [1.807, 2.05) is 31.2 Å². The van der Waals surface area contributed by atoms with Gasteiger partial charge in [0.25, 0.3) is 0 Å². The molecule has 5 heteroatoms. The Labute approximate surface area is 118 Å². The number of oxazole rings is 1. The lowest BCUT2D eigenvalue weighted by Crippen LogP contribution is -2.29. The zero-order valence-corrected chi connectivity index (χ0v) is 11.5. The summed E-state index contributed by atoms with van der Waals surface area (Å²) in [7, 11) is 0. The van der Waals surface area contributed by atoms with E-state index in [4.69, 9.17) is 10.2 Å². The number of nitrogens with two attached hydrogens (primary N) is 1. The Balaban J connectivity index is 2.10. The van der Waals surface area contributed by atoms with Crippen LogP contribution in [0.4, 0.5) is 5.69 Å². The third-order valence-electron chi connectivity index (χ3n) is 3.14. The molecule has 0 aliphatic carbocycles. The molecule has 2 aromatic rings. The number of carbonyl (C=O) groups is 1. The van der Waals surface area contributed by atoms with Gasteiger partial charge in [0.1, 0.15) is 0 Å². The highest BCUT2D eigenvalue weighted by Crippen LogP contribution is 2.22. The van der Waals surface area contributed by atoms with Crippen molar-refractivity contribution in [2.24, 2.45) is 11.7 Å². The standard InChI is InChI=1S/C15H19N3O2/c1-2-4-12(8-16)15(19)18-13-6-3-5-11(7-13)14-9-17-10-20-14/h3,5-7,9-10,12H,2,4,8,16H2,1H3,(H,18,19). The zero-order chi connectivity index (χ0) is 14.4. The van der Waals surface area contributed by atoms with Crippen molar-refractivity contribution in [2.45, 2.75) is 19.8 Å². The fourth-order valence-corrected chi connectivity index (χ4v) is 2.06. The Hall–Kier alpha value is -2.14. The number of nitrogens with zero attached hydrogens (tertiary/aromatic N) is 1. The quantitative estimate of drug-likeness (QED) is 0.847. The molecule has 1 unspecified atom stereocenters. The van der Waals surface area contributed by atoms with Crippen LogP contribution in [0.1, 0.15) is 19.8 Å². The van der Waals surface area contributed by atoms with Crippen LogP contribution in [0.15, 0.2) is 41.3 Å². The topological polar surface area (TPSA) is 81.2 Å². The highest BCUT2D eigenvalue weighted by molar-refractivity contribution is 5.93. The van der Waals surface area contributed by atoms with E-state index in [0.29, 0.717) is 12.3 Å². The maximum absolute atomic E-state index is 12.1. The van der Waals surface area contributed by atoms with E-state index in [1.54, 1.807) is 6.20 Å². The van der Waals surface area contributed by atoms with E-state index in [2.05, 4.69) is 10.3 Å². The largest absolute Gasteiger partial charge is 0.444 e. The number of rotatable bonds is 6. The van der Waals surface area contributed by atoms with E-state index >= 15 is 0 Å². The number of benzene rings is 1. The molecule has 1 heterocycles. The van der Waals surface area contributed by atoms with E-state index in [-0.39, 0.29) is 11.8 Å². The SMILES string of the molecule is CCCC(CN)C(=O)Nc1cccc(-c2cnco2)c1. The van der Waals surface area contributed by atoms with Crippen molar-refractivity contribution in [2.75, 3.05) is 11.9 Å². The number of anilines is 1. The van der Waals surface area contributed by atoms with Crippen LogP contribution in [0.5, 0.6) is 0 Å². The minimum Gasteiger partial charge on any atom is -0.444 e. The number of hydrogen-bond donors (Lipinski definition) is 2. The van der Waals surface area contributed by atoms with Gasteiger partial charge in [-0.2, -0.15) is 0 Å². The summed E-state index contributed by atoms with van der Waals surface area (Å²) in [6.07, 6.45) is 4.75. The number of hydrogen-bond acceptors (Lipinski definition) is 4. The summed E-state index contributed by atoms with van der Waals surface area (Å²) in [5, 5.41) is 2.90. The van der Waals surface area contributed by atoms with Gasteiger partial charge in [0, 0.05) is 17.8 Å². The predicted molar refractivity (Wildman–Crippen MR) is 78.0 cm³/mol. The van der Waals surface area contributed by atoms with Crippen LogP contribution in [0.2, 0.25) is 0 Å². The smallest absolute Gasteiger partial charge is 0.228 e. The van der Waals surface area contributed by atoms with Gasteiger partial charge < -0.3 is 15.5 Å². The van der Waals surface area contributed by atoms with Crippen LogP contribution in [-0.2, 0) is 4.79 Å². The lowest BCUT2D eigenvalue weighted by Gasteiger charge is -2.14. The number of nitrogens with one attached hydrogen (secondary N) is 1. The van der Waals surface area contributed by atoms with Gasteiger partial charge in [-0.15, -0.1) is 0 Å². The maximum Gasteiger partial charge on any atom is 0.228 e. The van der Waals surface area contributed by atoms with Gasteiger partial charge >= 0.3 is 0 Å². The molecule has 0 radical (unpaired) electrons. The normalized spacial score (nSPS) is 12.1. The second-order valence-corrected chi connectivity index (χ2v) is 4.66. The predicted octanol–water partition coefficient (Wildman–Crippen LogP) is 2.66. The van der Waals surface area contributed by atoms with E-state index in [0.717, 1.165) is 24.1 Å². The molecule has 0 aliphatic heterocycles. The van der Waals surface area contributed by atoms with Crippen molar-refractivity contribution in [1.29, 1.82) is 0 Å². The highest BCUT2D eigenvalue weighted by atomic mass is 16.3. The second kappa shape index (κ2) is 6.86. The molecule has 1 atom stereocenters. The molecule has 106 valence electrons. The Morgan fingerprint density at radius 3 is 3.00 bits per heavy atom. The summed E-state index contributed by atoms with van der Waals surface area (Å²) >= 11 is 0. The Bertz CT molecular complexity index is 552. The average molecular weight is 273 g/mol. The molecule has 5 nitrogen and oxygen atoms in total. The first kappa shape index (κ1) is 14.3. The molecule has 1 amide bonds. The number of amides is 1. The highest BCUT2D eigenvalue weighted by Gasteiger charge is 2.16. The number of carbonyl (C=O) groups excluding carboxylic acids is 1. The van der Waals surface area contributed by atoms with Crippen molar-refractivity contribution in [3.63, 3.8) is 0 Å². The van der Waals surface area contributed by atoms with Crippen molar-refractivity contribution in [3.05, 3.63) is 36.9 Å². The van der Waals surface area contributed by atoms with Gasteiger partial charge in [0.05, 0.1) is 12.1 Å². The first-order valence-corrected chi connectivity index (χ1v) is 6.74. The van der Waals surface area contributed by atoms with E-state index in [1.165, 1.54) is 6.39 Å². The van der Waals surface area contributed by atoms with Gasteiger partial charge in [0.2, 0.25) is 5.91 Å². The van der Waals surface area contributed by atoms with Crippen LogP contribution in [0, 0.1) is 5.92 Å². The third kappa shape index (κ3) is 3.45. The molecule has 1 aromatic heterocycles. The zero-order valence-electron chi connectivity index (χ0n) is 11.5. The summed E-state index contributed by atoms with van der Waals surface area (Å²) in [6, 6.07) is 7.47. The van der Waals surface area contributed by atoms with Gasteiger partial charge in [-0.1, -0.05) is 25.5 Å². The molecule has 2 rings (SSSR count). The molecule has 0 saturated heterocycles. The molecule has 1 aromatic carbocycles. The summed E-state index contributed by atoms with van der Waals surface area (Å²) in [6.45, 7) is 2.40. The maximum atomic E-state index is 12.1. The fraction of sp³-hybridized carbons (Fsp3) is 0.333. The molecule has 3 N–H and O–H groups in total. The van der Waals surface area contributed by atoms with Gasteiger partial charge in [-0.25, -0.2) is 4.98 Å². The minimum absolute atomic E-state index is 0.0379. The van der Waals surface area contributed by atoms with E-state index in [9.17, 15) is 4.79 Å². The summed E-state index contributed by atoms with van der Waals surface area (Å²) in [4.78, 5) is 16.0. The Kier molecular flexibility index (Phi) is 4.90. The summed E-state index contributed by atoms with van der Waals surface area (Å²) < 4.78 is 5.24. The third-order valence-corrected chi connectivity index (χ3v) is 3.14. The van der Waals surface area contributed by atoms with Gasteiger partial charge in [-0.3, -0.25) is 4.79 Å². The Morgan fingerprint density at radius 2 is 2.35 bits per heavy atom. The molecule has 0 fully saturated rings. The van der Waals surface area contributed by atoms with Crippen LogP contribution >= 0.6 is 0 Å². The summed E-state index contributed by atoms with van der Waals surface area (Å²) in [5.41, 5.74) is 7.25. The molecule has 20 heavy (non-hydrogen) atoms. The van der Waals surface area contributed by atoms with Gasteiger partial charge in [0.15, 0.2) is 12.2 Å². The first-order chi connectivity index (χ1) is 9.74. The lowest BCUT2D eigenvalue weighted by molar-refractivity contribution is -0.119.